The summed E-state index contributed by atoms with van der Waals surface area (Å²) in [6, 6.07) is 15.9. The Bertz CT molecular complexity index is 1190. The molecule has 0 N–H and O–H groups in total. The van der Waals surface area contributed by atoms with Crippen molar-refractivity contribution in [3.05, 3.63) is 65.7 Å². The number of benzene rings is 2. The monoisotopic (exact) mass is 477 g/mol. The van der Waals surface area contributed by atoms with Gasteiger partial charge in [0.05, 0.1) is 11.6 Å². The molecule has 0 saturated heterocycles. The normalized spacial score (nSPS) is 18.9. The molecule has 0 aliphatic heterocycles. The third-order valence-corrected chi connectivity index (χ3v) is 5.07. The Morgan fingerprint density at radius 3 is 1.86 bits per heavy atom. The van der Waals surface area contributed by atoms with E-state index >= 15 is 0 Å². The molecule has 9 heteroatoms. The van der Waals surface area contributed by atoms with Crippen LogP contribution in [-0.4, -0.2) is 42.2 Å². The lowest BCUT2D eigenvalue weighted by Crippen LogP contribution is -2.47. The summed E-state index contributed by atoms with van der Waals surface area (Å²) in [7, 11) is 0. The van der Waals surface area contributed by atoms with Gasteiger partial charge in [0.2, 0.25) is 0 Å². The number of rotatable bonds is 6. The largest absolute Gasteiger partial charge is 0.458 e. The average Bonchev–Trinajstić information content (AvgIpc) is 2.80. The molecule has 2 aromatic rings. The molecule has 0 spiro atoms. The Morgan fingerprint density at radius 1 is 0.800 bits per heavy atom. The third-order valence-electron chi connectivity index (χ3n) is 5.07. The number of carbonyl (C=O) groups is 4. The molecular weight excluding hydrogens is 454 g/mol. The first-order chi connectivity index (χ1) is 16.7. The zero-order chi connectivity index (χ0) is 25.5. The molecule has 0 heterocycles. The molecule has 0 aromatic heterocycles. The van der Waals surface area contributed by atoms with Gasteiger partial charge >= 0.3 is 23.9 Å². The van der Waals surface area contributed by atoms with Crippen LogP contribution < -0.4 is 4.74 Å². The lowest BCUT2D eigenvalue weighted by Gasteiger charge is -2.34. The molecule has 180 valence electrons. The van der Waals surface area contributed by atoms with Gasteiger partial charge in [-0.15, -0.1) is 0 Å². The van der Waals surface area contributed by atoms with Crippen LogP contribution >= 0.6 is 0 Å². The number of carbonyl (C=O) groups excluding carboxylic acids is 4. The van der Waals surface area contributed by atoms with E-state index in [1.165, 1.54) is 26.8 Å². The molecule has 0 bridgehead atoms. The van der Waals surface area contributed by atoms with Crippen LogP contribution in [-0.2, 0) is 33.4 Å². The smallest absolute Gasteiger partial charge is 0.339 e. The average molecular weight is 477 g/mol. The quantitative estimate of drug-likeness (QED) is 0.350. The number of nitriles is 1. The molecule has 0 amide bonds. The van der Waals surface area contributed by atoms with Gasteiger partial charge in [0.25, 0.3) is 0 Å². The Morgan fingerprint density at radius 2 is 1.34 bits per heavy atom. The summed E-state index contributed by atoms with van der Waals surface area (Å²) in [5, 5.41) is 8.92. The molecule has 9 nitrogen and oxygen atoms in total. The van der Waals surface area contributed by atoms with E-state index < -0.39 is 42.2 Å². The number of esters is 4. The molecule has 3 rings (SSSR count). The molecule has 35 heavy (non-hydrogen) atoms. The number of ether oxygens (including phenoxy) is 4. The fourth-order valence-electron chi connectivity index (χ4n) is 3.63. The van der Waals surface area contributed by atoms with E-state index in [9.17, 15) is 19.2 Å². The van der Waals surface area contributed by atoms with Crippen molar-refractivity contribution in [1.29, 1.82) is 5.26 Å². The fourth-order valence-corrected chi connectivity index (χ4v) is 3.63. The predicted molar refractivity (Wildman–Crippen MR) is 122 cm³/mol. The first kappa shape index (κ1) is 25.2. The lowest BCUT2D eigenvalue weighted by atomic mass is 9.91. The topological polar surface area (TPSA) is 129 Å². The first-order valence-electron chi connectivity index (χ1n) is 10.7. The Kier molecular flexibility index (Phi) is 8.00. The van der Waals surface area contributed by atoms with Gasteiger partial charge in [-0.25, -0.2) is 4.79 Å². The van der Waals surface area contributed by atoms with Crippen LogP contribution in [0.25, 0.3) is 11.1 Å². The molecule has 0 radical (unpaired) electrons. The third kappa shape index (κ3) is 6.77. The van der Waals surface area contributed by atoms with Crippen molar-refractivity contribution in [1.82, 2.24) is 0 Å². The predicted octanol–water partition coefficient (Wildman–Crippen LogP) is 3.26. The lowest BCUT2D eigenvalue weighted by molar-refractivity contribution is -0.180. The maximum atomic E-state index is 12.9. The number of hydrogen-bond donors (Lipinski definition) is 0. The van der Waals surface area contributed by atoms with Crippen molar-refractivity contribution in [3.8, 4) is 22.9 Å². The molecular formula is C26H23NO8. The van der Waals surface area contributed by atoms with Crippen molar-refractivity contribution < 1.29 is 38.1 Å². The van der Waals surface area contributed by atoms with Gasteiger partial charge in [0, 0.05) is 32.8 Å². The van der Waals surface area contributed by atoms with Gasteiger partial charge in [-0.3, -0.25) is 14.4 Å². The second kappa shape index (κ2) is 11.1. The molecule has 0 saturated carbocycles. The highest BCUT2D eigenvalue weighted by Crippen LogP contribution is 2.29. The molecule has 1 aliphatic rings. The highest BCUT2D eigenvalue weighted by Gasteiger charge is 2.42. The Balaban J connectivity index is 1.80. The van der Waals surface area contributed by atoms with Crippen LogP contribution in [0.5, 0.6) is 5.75 Å². The summed E-state index contributed by atoms with van der Waals surface area (Å²) in [6.07, 6.45) is -2.06. The minimum atomic E-state index is -1.14. The van der Waals surface area contributed by atoms with Gasteiger partial charge in [-0.05, 0) is 41.5 Å². The zero-order valence-electron chi connectivity index (χ0n) is 19.3. The van der Waals surface area contributed by atoms with Gasteiger partial charge < -0.3 is 18.9 Å². The van der Waals surface area contributed by atoms with Crippen LogP contribution in [0.3, 0.4) is 0 Å². The van der Waals surface area contributed by atoms with Crippen LogP contribution in [0.1, 0.15) is 32.8 Å². The SMILES string of the molecule is CC(=O)O[C@@H]1[C@H](OC(C)=O)C=C(C(=O)Oc2ccc(-c3ccc(C#N)cc3)cc2)C[C@H]1OC(C)=O. The van der Waals surface area contributed by atoms with Crippen molar-refractivity contribution in [3.63, 3.8) is 0 Å². The summed E-state index contributed by atoms with van der Waals surface area (Å²) < 4.78 is 21.2. The van der Waals surface area contributed by atoms with E-state index in [-0.39, 0.29) is 17.7 Å². The summed E-state index contributed by atoms with van der Waals surface area (Å²) in [6.45, 7) is 3.52. The van der Waals surface area contributed by atoms with Crippen molar-refractivity contribution in [2.24, 2.45) is 0 Å². The van der Waals surface area contributed by atoms with Crippen LogP contribution in [0.15, 0.2) is 60.2 Å². The van der Waals surface area contributed by atoms with Gasteiger partial charge in [-0.1, -0.05) is 24.3 Å². The molecule has 0 unspecified atom stereocenters. The molecule has 2 aromatic carbocycles. The minimum Gasteiger partial charge on any atom is -0.458 e. The van der Waals surface area contributed by atoms with E-state index in [0.29, 0.717) is 5.56 Å². The van der Waals surface area contributed by atoms with E-state index in [1.807, 2.05) is 12.1 Å². The summed E-state index contributed by atoms with van der Waals surface area (Å²) in [5.74, 6) is -2.44. The maximum absolute atomic E-state index is 12.9. The van der Waals surface area contributed by atoms with Gasteiger partial charge in [0.15, 0.2) is 12.2 Å². The van der Waals surface area contributed by atoms with Gasteiger partial charge in [-0.2, -0.15) is 5.26 Å². The molecule has 0 fully saturated rings. The molecule has 3 atom stereocenters. The molecule has 1 aliphatic carbocycles. The number of nitrogens with zero attached hydrogens (tertiary/aromatic N) is 1. The van der Waals surface area contributed by atoms with E-state index in [1.54, 1.807) is 36.4 Å². The van der Waals surface area contributed by atoms with Crippen molar-refractivity contribution >= 4 is 23.9 Å². The summed E-state index contributed by atoms with van der Waals surface area (Å²) in [4.78, 5) is 47.6. The number of hydrogen-bond acceptors (Lipinski definition) is 9. The summed E-state index contributed by atoms with van der Waals surface area (Å²) in [5.41, 5.74) is 2.40. The van der Waals surface area contributed by atoms with E-state index in [4.69, 9.17) is 24.2 Å². The summed E-state index contributed by atoms with van der Waals surface area (Å²) >= 11 is 0. The van der Waals surface area contributed by atoms with Crippen molar-refractivity contribution in [2.45, 2.75) is 45.5 Å². The Hall–Kier alpha value is -4.45. The Labute approximate surface area is 201 Å². The maximum Gasteiger partial charge on any atom is 0.339 e. The van der Waals surface area contributed by atoms with E-state index in [0.717, 1.165) is 11.1 Å². The van der Waals surface area contributed by atoms with Crippen LogP contribution in [0.4, 0.5) is 0 Å². The first-order valence-corrected chi connectivity index (χ1v) is 10.7. The van der Waals surface area contributed by atoms with Gasteiger partial charge in [0.1, 0.15) is 11.9 Å². The van der Waals surface area contributed by atoms with Crippen LogP contribution in [0, 0.1) is 11.3 Å². The highest BCUT2D eigenvalue weighted by molar-refractivity contribution is 5.91. The van der Waals surface area contributed by atoms with E-state index in [2.05, 4.69) is 6.07 Å². The minimum absolute atomic E-state index is 0.0991. The second-order valence-electron chi connectivity index (χ2n) is 7.80. The second-order valence-corrected chi connectivity index (χ2v) is 7.80. The zero-order valence-corrected chi connectivity index (χ0v) is 19.3. The fraction of sp³-hybridized carbons (Fsp3) is 0.269. The standard InChI is InChI=1S/C26H23NO8/c1-15(28)32-23-12-21(13-24(33-16(2)29)25(23)34-17(3)30)26(31)35-22-10-8-20(9-11-22)19-6-4-18(14-27)5-7-19/h4-12,23-25H,13H2,1-3H3/t23-,24-,25-/m1/s1. The van der Waals surface area contributed by atoms with Crippen molar-refractivity contribution in [2.75, 3.05) is 0 Å². The van der Waals surface area contributed by atoms with Crippen LogP contribution in [0.2, 0.25) is 0 Å². The highest BCUT2D eigenvalue weighted by atomic mass is 16.6.